The van der Waals surface area contributed by atoms with Crippen LogP contribution in [0.25, 0.3) is 0 Å². The molecule has 90 valence electrons. The summed E-state index contributed by atoms with van der Waals surface area (Å²) in [7, 11) is 0. The minimum Gasteiger partial charge on any atom is -0.477 e. The molecule has 0 fully saturated rings. The van der Waals surface area contributed by atoms with Crippen molar-refractivity contribution in [3.63, 3.8) is 0 Å². The first-order chi connectivity index (χ1) is 8.31. The molecule has 2 heterocycles. The molecule has 2 aromatic heterocycles. The van der Waals surface area contributed by atoms with Crippen LogP contribution in [-0.2, 0) is 13.0 Å². The zero-order valence-electron chi connectivity index (χ0n) is 9.59. The third kappa shape index (κ3) is 3.01. The molecule has 0 aliphatic heterocycles. The SMILES string of the molecule is Cc1ncsc1CCOc1ncccc1CO. The third-order valence-electron chi connectivity index (χ3n) is 2.43. The molecule has 0 saturated carbocycles. The molecule has 4 nitrogen and oxygen atoms in total. The number of ether oxygens (including phenoxy) is 1. The molecule has 5 heteroatoms. The molecule has 0 atom stereocenters. The van der Waals surface area contributed by atoms with E-state index in [-0.39, 0.29) is 6.61 Å². The van der Waals surface area contributed by atoms with Crippen molar-refractivity contribution in [3.05, 3.63) is 40.0 Å². The average molecular weight is 250 g/mol. The van der Waals surface area contributed by atoms with Crippen molar-refractivity contribution < 1.29 is 9.84 Å². The summed E-state index contributed by atoms with van der Waals surface area (Å²) in [6, 6.07) is 3.59. The topological polar surface area (TPSA) is 55.2 Å². The lowest BCUT2D eigenvalue weighted by atomic mass is 10.3. The minimum absolute atomic E-state index is 0.0528. The Hall–Kier alpha value is -1.46. The number of aliphatic hydroxyl groups excluding tert-OH is 1. The van der Waals surface area contributed by atoms with Crippen LogP contribution >= 0.6 is 11.3 Å². The van der Waals surface area contributed by atoms with Gasteiger partial charge in [0.15, 0.2) is 0 Å². The first kappa shape index (κ1) is 12.0. The number of hydrogen-bond acceptors (Lipinski definition) is 5. The van der Waals surface area contributed by atoms with Gasteiger partial charge in [-0.1, -0.05) is 0 Å². The van der Waals surface area contributed by atoms with Crippen molar-refractivity contribution in [1.82, 2.24) is 9.97 Å². The van der Waals surface area contributed by atoms with Crippen LogP contribution in [0, 0.1) is 6.92 Å². The largest absolute Gasteiger partial charge is 0.477 e. The summed E-state index contributed by atoms with van der Waals surface area (Å²) in [4.78, 5) is 9.51. The number of rotatable bonds is 5. The normalized spacial score (nSPS) is 10.5. The predicted molar refractivity (Wildman–Crippen MR) is 66.2 cm³/mol. The van der Waals surface area contributed by atoms with Crippen LogP contribution in [0.1, 0.15) is 16.1 Å². The standard InChI is InChI=1S/C12H14N2O2S/c1-9-11(17-8-14-9)4-6-16-12-10(7-15)3-2-5-13-12/h2-3,5,8,15H,4,6-7H2,1H3. The molecule has 0 aliphatic rings. The zero-order chi connectivity index (χ0) is 12.1. The fourth-order valence-electron chi connectivity index (χ4n) is 1.48. The van der Waals surface area contributed by atoms with Gasteiger partial charge in [-0.2, -0.15) is 0 Å². The third-order valence-corrected chi connectivity index (χ3v) is 3.43. The van der Waals surface area contributed by atoms with Crippen molar-refractivity contribution in [3.8, 4) is 5.88 Å². The van der Waals surface area contributed by atoms with E-state index in [1.165, 1.54) is 4.88 Å². The van der Waals surface area contributed by atoms with Gasteiger partial charge in [-0.15, -0.1) is 11.3 Å². The summed E-state index contributed by atoms with van der Waals surface area (Å²) in [5.74, 6) is 0.511. The first-order valence-corrected chi connectivity index (χ1v) is 6.25. The second-order valence-corrected chi connectivity index (χ2v) is 4.52. The number of thiazole rings is 1. The molecule has 0 unspecified atom stereocenters. The van der Waals surface area contributed by atoms with Gasteiger partial charge in [-0.05, 0) is 19.1 Å². The Morgan fingerprint density at radius 2 is 2.29 bits per heavy atom. The quantitative estimate of drug-likeness (QED) is 0.881. The molecule has 0 saturated heterocycles. The van der Waals surface area contributed by atoms with E-state index in [9.17, 15) is 0 Å². The van der Waals surface area contributed by atoms with E-state index < -0.39 is 0 Å². The lowest BCUT2D eigenvalue weighted by molar-refractivity contribution is 0.259. The Morgan fingerprint density at radius 3 is 3.00 bits per heavy atom. The second-order valence-electron chi connectivity index (χ2n) is 3.59. The fraction of sp³-hybridized carbons (Fsp3) is 0.333. The summed E-state index contributed by atoms with van der Waals surface area (Å²) in [6.45, 7) is 2.49. The summed E-state index contributed by atoms with van der Waals surface area (Å²) in [5.41, 5.74) is 3.61. The highest BCUT2D eigenvalue weighted by Crippen LogP contribution is 2.16. The molecule has 0 aliphatic carbocycles. The van der Waals surface area contributed by atoms with Gasteiger partial charge in [-0.25, -0.2) is 9.97 Å². The van der Waals surface area contributed by atoms with Crippen molar-refractivity contribution >= 4 is 11.3 Å². The van der Waals surface area contributed by atoms with Gasteiger partial charge in [0.05, 0.1) is 24.4 Å². The Bertz CT molecular complexity index is 485. The summed E-state index contributed by atoms with van der Waals surface area (Å²) in [6.07, 6.45) is 2.48. The lowest BCUT2D eigenvalue weighted by Crippen LogP contribution is -2.04. The van der Waals surface area contributed by atoms with Crippen molar-refractivity contribution in [1.29, 1.82) is 0 Å². The first-order valence-electron chi connectivity index (χ1n) is 5.37. The van der Waals surface area contributed by atoms with Crippen molar-refractivity contribution in [2.45, 2.75) is 20.0 Å². The fourth-order valence-corrected chi connectivity index (χ4v) is 2.24. The Kier molecular flexibility index (Phi) is 4.06. The van der Waals surface area contributed by atoms with E-state index in [1.807, 2.05) is 12.4 Å². The molecule has 0 amide bonds. The Balaban J connectivity index is 1.92. The van der Waals surface area contributed by atoms with Crippen LogP contribution in [0.4, 0.5) is 0 Å². The van der Waals surface area contributed by atoms with E-state index in [4.69, 9.17) is 9.84 Å². The summed E-state index contributed by atoms with van der Waals surface area (Å²) < 4.78 is 5.56. The van der Waals surface area contributed by atoms with Gasteiger partial charge < -0.3 is 9.84 Å². The molecular formula is C12H14N2O2S. The van der Waals surface area contributed by atoms with Crippen LogP contribution in [0.5, 0.6) is 5.88 Å². The van der Waals surface area contributed by atoms with Gasteiger partial charge in [0.2, 0.25) is 5.88 Å². The van der Waals surface area contributed by atoms with Crippen molar-refractivity contribution in [2.75, 3.05) is 6.61 Å². The number of nitrogens with zero attached hydrogens (tertiary/aromatic N) is 2. The lowest BCUT2D eigenvalue weighted by Gasteiger charge is -2.07. The van der Waals surface area contributed by atoms with E-state index in [1.54, 1.807) is 29.7 Å². The maximum absolute atomic E-state index is 9.12. The predicted octanol–water partition coefficient (Wildman–Crippen LogP) is 1.96. The number of aliphatic hydroxyl groups is 1. The molecule has 0 spiro atoms. The maximum atomic E-state index is 9.12. The highest BCUT2D eigenvalue weighted by atomic mass is 32.1. The average Bonchev–Trinajstić information content (AvgIpc) is 2.76. The molecule has 2 aromatic rings. The molecule has 17 heavy (non-hydrogen) atoms. The van der Waals surface area contributed by atoms with Crippen LogP contribution in [0.3, 0.4) is 0 Å². The molecule has 1 N–H and O–H groups in total. The highest BCUT2D eigenvalue weighted by molar-refractivity contribution is 7.09. The molecule has 0 bridgehead atoms. The van der Waals surface area contributed by atoms with Gasteiger partial charge in [0, 0.05) is 23.1 Å². The number of aryl methyl sites for hydroxylation is 1. The number of aromatic nitrogens is 2. The van der Waals surface area contributed by atoms with E-state index in [0.29, 0.717) is 18.1 Å². The summed E-state index contributed by atoms with van der Waals surface area (Å²) >= 11 is 1.63. The van der Waals surface area contributed by atoms with Gasteiger partial charge in [0.25, 0.3) is 0 Å². The Labute approximate surface area is 104 Å². The second kappa shape index (κ2) is 5.75. The monoisotopic (exact) mass is 250 g/mol. The highest BCUT2D eigenvalue weighted by Gasteiger charge is 2.05. The molecule has 2 rings (SSSR count). The maximum Gasteiger partial charge on any atom is 0.218 e. The number of pyridine rings is 1. The van der Waals surface area contributed by atoms with Crippen molar-refractivity contribution in [2.24, 2.45) is 0 Å². The molecule has 0 aromatic carbocycles. The summed E-state index contributed by atoms with van der Waals surface area (Å²) in [5, 5.41) is 9.12. The van der Waals surface area contributed by atoms with Crippen LogP contribution in [-0.4, -0.2) is 21.7 Å². The van der Waals surface area contributed by atoms with Gasteiger partial charge >= 0.3 is 0 Å². The van der Waals surface area contributed by atoms with Gasteiger partial charge in [-0.3, -0.25) is 0 Å². The minimum atomic E-state index is -0.0528. The Morgan fingerprint density at radius 1 is 1.41 bits per heavy atom. The van der Waals surface area contributed by atoms with E-state index in [0.717, 1.165) is 12.1 Å². The number of hydrogen-bond donors (Lipinski definition) is 1. The molecular weight excluding hydrogens is 236 g/mol. The van der Waals surface area contributed by atoms with Crippen LogP contribution in [0.15, 0.2) is 23.8 Å². The van der Waals surface area contributed by atoms with Gasteiger partial charge in [0.1, 0.15) is 0 Å². The van der Waals surface area contributed by atoms with E-state index >= 15 is 0 Å². The smallest absolute Gasteiger partial charge is 0.218 e. The van der Waals surface area contributed by atoms with Crippen LogP contribution in [0.2, 0.25) is 0 Å². The van der Waals surface area contributed by atoms with Crippen LogP contribution < -0.4 is 4.74 Å². The van der Waals surface area contributed by atoms with E-state index in [2.05, 4.69) is 9.97 Å². The zero-order valence-corrected chi connectivity index (χ0v) is 10.4. The molecule has 0 radical (unpaired) electrons.